The first kappa shape index (κ1) is 37.9. The van der Waals surface area contributed by atoms with Crippen molar-refractivity contribution >= 4 is 30.0 Å². The molecule has 0 heterocycles. The summed E-state index contributed by atoms with van der Waals surface area (Å²) in [7, 11) is 1.56. The molecule has 4 rings (SSSR count). The summed E-state index contributed by atoms with van der Waals surface area (Å²) in [5, 5.41) is 0. The maximum atomic E-state index is 12.9. The van der Waals surface area contributed by atoms with Crippen LogP contribution in [0.3, 0.4) is 0 Å². The van der Waals surface area contributed by atoms with E-state index in [1.807, 2.05) is 37.3 Å². The molecular weight excluding hydrogens is 652 g/mol. The van der Waals surface area contributed by atoms with Crippen LogP contribution in [0.5, 0.6) is 28.7 Å². The lowest BCUT2D eigenvalue weighted by Crippen LogP contribution is -2.26. The third-order valence-corrected chi connectivity index (χ3v) is 7.75. The van der Waals surface area contributed by atoms with Crippen molar-refractivity contribution in [2.45, 2.75) is 39.5 Å². The molecule has 0 spiro atoms. The molecule has 2 unspecified atom stereocenters. The van der Waals surface area contributed by atoms with Crippen molar-refractivity contribution in [3.8, 4) is 28.7 Å². The van der Waals surface area contributed by atoms with Crippen LogP contribution in [0.15, 0.2) is 109 Å². The van der Waals surface area contributed by atoms with Crippen LogP contribution in [0.4, 0.5) is 0 Å². The van der Waals surface area contributed by atoms with Gasteiger partial charge in [0.1, 0.15) is 28.7 Å². The third kappa shape index (κ3) is 12.8. The lowest BCUT2D eigenvalue weighted by atomic mass is 9.94. The van der Waals surface area contributed by atoms with Gasteiger partial charge >= 0.3 is 23.9 Å². The average Bonchev–Trinajstić information content (AvgIpc) is 3.15. The van der Waals surface area contributed by atoms with E-state index in [2.05, 4.69) is 0 Å². The second kappa shape index (κ2) is 19.9. The van der Waals surface area contributed by atoms with Gasteiger partial charge in [0.05, 0.1) is 37.7 Å². The van der Waals surface area contributed by atoms with E-state index in [4.69, 9.17) is 28.4 Å². The number of carbonyl (C=O) groups is 4. The fraction of sp³-hybridized carbons (Fsp3) is 0.268. The summed E-state index contributed by atoms with van der Waals surface area (Å²) in [5.41, 5.74) is 1.26. The van der Waals surface area contributed by atoms with E-state index in [1.165, 1.54) is 6.08 Å². The molecule has 4 aromatic carbocycles. The Balaban J connectivity index is 1.10. The van der Waals surface area contributed by atoms with E-state index in [1.54, 1.807) is 92.9 Å². The first-order valence-electron chi connectivity index (χ1n) is 16.8. The van der Waals surface area contributed by atoms with Gasteiger partial charge in [-0.3, -0.25) is 9.59 Å². The lowest BCUT2D eigenvalue weighted by molar-refractivity contribution is -0.149. The normalized spacial score (nSPS) is 12.0. The van der Waals surface area contributed by atoms with E-state index in [-0.39, 0.29) is 19.0 Å². The van der Waals surface area contributed by atoms with Gasteiger partial charge in [-0.2, -0.15) is 0 Å². The van der Waals surface area contributed by atoms with Crippen molar-refractivity contribution in [3.05, 3.63) is 120 Å². The quantitative estimate of drug-likeness (QED) is 0.0440. The molecule has 0 saturated heterocycles. The van der Waals surface area contributed by atoms with Gasteiger partial charge < -0.3 is 28.4 Å². The highest BCUT2D eigenvalue weighted by molar-refractivity contribution is 5.91. The molecule has 0 fully saturated rings. The van der Waals surface area contributed by atoms with Gasteiger partial charge in [-0.05, 0) is 110 Å². The largest absolute Gasteiger partial charge is 0.497 e. The Labute approximate surface area is 297 Å². The molecule has 266 valence electrons. The van der Waals surface area contributed by atoms with Gasteiger partial charge in [0.25, 0.3) is 0 Å². The minimum Gasteiger partial charge on any atom is -0.497 e. The summed E-state index contributed by atoms with van der Waals surface area (Å²) in [4.78, 5) is 50.0. The predicted octanol–water partition coefficient (Wildman–Crippen LogP) is 7.89. The van der Waals surface area contributed by atoms with Crippen molar-refractivity contribution in [1.29, 1.82) is 0 Å². The highest BCUT2D eigenvalue weighted by atomic mass is 16.5. The van der Waals surface area contributed by atoms with E-state index in [0.717, 1.165) is 5.56 Å². The molecule has 0 saturated carbocycles. The monoisotopic (exact) mass is 694 g/mol. The molecule has 0 radical (unpaired) electrons. The topological polar surface area (TPSA) is 124 Å². The molecule has 0 N–H and O–H groups in total. The van der Waals surface area contributed by atoms with Gasteiger partial charge in [0.15, 0.2) is 0 Å². The Morgan fingerprint density at radius 2 is 1.22 bits per heavy atom. The average molecular weight is 695 g/mol. The molecule has 0 aliphatic heterocycles. The molecule has 0 aromatic heterocycles. The second-order valence-corrected chi connectivity index (χ2v) is 11.6. The van der Waals surface area contributed by atoms with Crippen LogP contribution in [-0.4, -0.2) is 44.2 Å². The van der Waals surface area contributed by atoms with Crippen LogP contribution < -0.4 is 23.7 Å². The molecule has 10 heteroatoms. The number of hydrogen-bond donors (Lipinski definition) is 0. The number of esters is 4. The Morgan fingerprint density at radius 1 is 0.647 bits per heavy atom. The highest BCUT2D eigenvalue weighted by Crippen LogP contribution is 2.23. The zero-order valence-corrected chi connectivity index (χ0v) is 28.9. The van der Waals surface area contributed by atoms with E-state index >= 15 is 0 Å². The van der Waals surface area contributed by atoms with Gasteiger partial charge in [0.2, 0.25) is 0 Å². The van der Waals surface area contributed by atoms with Crippen molar-refractivity contribution in [1.82, 2.24) is 0 Å². The number of benzene rings is 4. The number of carbonyl (C=O) groups excluding carboxylic acids is 4. The molecule has 2 atom stereocenters. The summed E-state index contributed by atoms with van der Waals surface area (Å²) in [6.45, 7) is 4.22. The zero-order valence-electron chi connectivity index (χ0n) is 28.9. The minimum absolute atomic E-state index is 0.225. The summed E-state index contributed by atoms with van der Waals surface area (Å²) in [6, 6.07) is 28.9. The van der Waals surface area contributed by atoms with Crippen LogP contribution in [0.1, 0.15) is 55.5 Å². The highest BCUT2D eigenvalue weighted by Gasteiger charge is 2.26. The van der Waals surface area contributed by atoms with Crippen LogP contribution in [0.2, 0.25) is 0 Å². The Bertz CT molecular complexity index is 1730. The van der Waals surface area contributed by atoms with Gasteiger partial charge in [-0.15, -0.1) is 0 Å². The van der Waals surface area contributed by atoms with Crippen LogP contribution in [-0.2, 0) is 19.1 Å². The first-order valence-corrected chi connectivity index (χ1v) is 16.8. The summed E-state index contributed by atoms with van der Waals surface area (Å²) < 4.78 is 32.5. The molecule has 0 aliphatic rings. The molecule has 10 nitrogen and oxygen atoms in total. The summed E-state index contributed by atoms with van der Waals surface area (Å²) in [6.07, 6.45) is 5.01. The minimum atomic E-state index is -0.529. The van der Waals surface area contributed by atoms with Gasteiger partial charge in [-0.1, -0.05) is 44.2 Å². The van der Waals surface area contributed by atoms with Gasteiger partial charge in [-0.25, -0.2) is 9.59 Å². The van der Waals surface area contributed by atoms with Crippen molar-refractivity contribution in [2.75, 3.05) is 20.3 Å². The Kier molecular flexibility index (Phi) is 14.8. The maximum Gasteiger partial charge on any atom is 0.343 e. The number of rotatable bonds is 18. The molecular formula is C41H42O10. The van der Waals surface area contributed by atoms with Crippen LogP contribution in [0, 0.1) is 11.8 Å². The van der Waals surface area contributed by atoms with Crippen LogP contribution in [0.25, 0.3) is 6.08 Å². The molecule has 51 heavy (non-hydrogen) atoms. The number of unbranched alkanes of at least 4 members (excludes halogenated alkanes) is 1. The van der Waals surface area contributed by atoms with E-state index < -0.39 is 29.7 Å². The third-order valence-electron chi connectivity index (χ3n) is 7.75. The smallest absolute Gasteiger partial charge is 0.343 e. The number of methoxy groups -OCH3 is 1. The van der Waals surface area contributed by atoms with Crippen molar-refractivity contribution in [2.24, 2.45) is 11.8 Å². The lowest BCUT2D eigenvalue weighted by Gasteiger charge is -2.18. The van der Waals surface area contributed by atoms with Crippen LogP contribution >= 0.6 is 0 Å². The molecule has 0 aliphatic carbocycles. The Hall–Kier alpha value is -5.90. The predicted molar refractivity (Wildman–Crippen MR) is 191 cm³/mol. The van der Waals surface area contributed by atoms with E-state index in [9.17, 15) is 19.2 Å². The second-order valence-electron chi connectivity index (χ2n) is 11.6. The zero-order chi connectivity index (χ0) is 36.4. The summed E-state index contributed by atoms with van der Waals surface area (Å²) in [5.74, 6) is -0.548. The number of hydrogen-bond acceptors (Lipinski definition) is 10. The molecule has 0 bridgehead atoms. The summed E-state index contributed by atoms with van der Waals surface area (Å²) >= 11 is 0. The van der Waals surface area contributed by atoms with Gasteiger partial charge in [0, 0.05) is 6.08 Å². The standard InChI is InChI=1S/C41H42O10/c1-4-31(40(44)50-37-23-21-35(22-24-37)49-38(42)25-12-30-10-6-5-7-11-30)28-29(2)39(43)48-27-9-8-26-47-34-15-13-32(14-16-34)41(45)51-36-19-17-33(46-3)18-20-36/h5-7,10-25,29,31H,4,8-9,26-28H2,1-3H3. The number of ether oxygens (including phenoxy) is 6. The van der Waals surface area contributed by atoms with E-state index in [0.29, 0.717) is 60.2 Å². The SMILES string of the molecule is CCC(CC(C)C(=O)OCCCCOc1ccc(C(=O)Oc2ccc(OC)cc2)cc1)C(=O)Oc1ccc(OC(=O)C=Cc2ccccc2)cc1. The maximum absolute atomic E-state index is 12.9. The Morgan fingerprint density at radius 3 is 1.84 bits per heavy atom. The molecule has 0 amide bonds. The van der Waals surface area contributed by atoms with Crippen molar-refractivity contribution in [3.63, 3.8) is 0 Å². The van der Waals surface area contributed by atoms with Crippen molar-refractivity contribution < 1.29 is 47.6 Å². The fourth-order valence-corrected chi connectivity index (χ4v) is 4.81. The molecule has 4 aromatic rings. The fourth-order valence-electron chi connectivity index (χ4n) is 4.81. The first-order chi connectivity index (χ1) is 24.7.